The van der Waals surface area contributed by atoms with E-state index >= 15 is 0 Å². The van der Waals surface area contributed by atoms with Crippen molar-refractivity contribution in [3.63, 3.8) is 0 Å². The molecule has 0 atom stereocenters. The van der Waals surface area contributed by atoms with E-state index in [0.717, 1.165) is 53.9 Å². The Bertz CT molecular complexity index is 701. The van der Waals surface area contributed by atoms with Crippen molar-refractivity contribution in [3.05, 3.63) is 21.9 Å². The molecule has 0 spiro atoms. The van der Waals surface area contributed by atoms with E-state index in [9.17, 15) is 13.2 Å². The van der Waals surface area contributed by atoms with Gasteiger partial charge in [-0.3, -0.25) is 4.90 Å². The van der Waals surface area contributed by atoms with Gasteiger partial charge < -0.3 is 4.90 Å². The number of hydrogen-bond acceptors (Lipinski definition) is 7. The molecule has 1 aliphatic heterocycles. The Labute approximate surface area is 145 Å². The molecule has 0 bridgehead atoms. The molecular formula is C14H16F3N5S2. The van der Waals surface area contributed by atoms with Gasteiger partial charge in [-0.25, -0.2) is 9.97 Å². The SMILES string of the molecule is FC(F)(F)c1csc(CN2CCN(c3nc(C4CC4)ns3)CC2)n1. The van der Waals surface area contributed by atoms with Crippen molar-refractivity contribution in [1.82, 2.24) is 19.2 Å². The molecule has 1 saturated heterocycles. The molecule has 0 radical (unpaired) electrons. The van der Waals surface area contributed by atoms with Crippen molar-refractivity contribution >= 4 is 28.0 Å². The number of nitrogens with zero attached hydrogens (tertiary/aromatic N) is 5. The fourth-order valence-corrected chi connectivity index (χ4v) is 4.30. The molecule has 0 amide bonds. The van der Waals surface area contributed by atoms with Crippen LogP contribution in [-0.2, 0) is 12.7 Å². The first-order valence-corrected chi connectivity index (χ1v) is 9.47. The number of piperazine rings is 1. The average molecular weight is 375 g/mol. The Morgan fingerprint density at radius 2 is 1.88 bits per heavy atom. The molecule has 10 heteroatoms. The van der Waals surface area contributed by atoms with E-state index in [1.54, 1.807) is 0 Å². The van der Waals surface area contributed by atoms with Gasteiger partial charge in [0.25, 0.3) is 0 Å². The molecular weight excluding hydrogens is 359 g/mol. The summed E-state index contributed by atoms with van der Waals surface area (Å²) in [6.07, 6.45) is -1.97. The summed E-state index contributed by atoms with van der Waals surface area (Å²) in [5.41, 5.74) is -0.789. The molecule has 4 rings (SSSR count). The number of aromatic nitrogens is 3. The van der Waals surface area contributed by atoms with Gasteiger partial charge >= 0.3 is 6.18 Å². The second-order valence-electron chi connectivity index (χ2n) is 6.10. The van der Waals surface area contributed by atoms with Crippen LogP contribution in [0.4, 0.5) is 18.3 Å². The maximum atomic E-state index is 12.6. The number of hydrogen-bond donors (Lipinski definition) is 0. The Morgan fingerprint density at radius 1 is 1.12 bits per heavy atom. The van der Waals surface area contributed by atoms with E-state index in [1.165, 1.54) is 24.4 Å². The lowest BCUT2D eigenvalue weighted by Gasteiger charge is -2.33. The van der Waals surface area contributed by atoms with Crippen LogP contribution in [0.1, 0.15) is 35.3 Å². The van der Waals surface area contributed by atoms with Crippen molar-refractivity contribution in [1.29, 1.82) is 0 Å². The van der Waals surface area contributed by atoms with Crippen LogP contribution in [0.5, 0.6) is 0 Å². The third kappa shape index (κ3) is 3.55. The minimum atomic E-state index is -4.36. The van der Waals surface area contributed by atoms with Crippen LogP contribution in [0, 0.1) is 0 Å². The predicted molar refractivity (Wildman–Crippen MR) is 86.5 cm³/mol. The first kappa shape index (κ1) is 16.2. The van der Waals surface area contributed by atoms with Gasteiger partial charge in [-0.2, -0.15) is 17.5 Å². The van der Waals surface area contributed by atoms with Gasteiger partial charge in [0.15, 0.2) is 5.69 Å². The van der Waals surface area contributed by atoms with Gasteiger partial charge in [-0.15, -0.1) is 11.3 Å². The number of thiazole rings is 1. The molecule has 2 aliphatic rings. The minimum Gasteiger partial charge on any atom is -0.344 e. The Hall–Kier alpha value is -1.26. The maximum Gasteiger partial charge on any atom is 0.434 e. The monoisotopic (exact) mass is 375 g/mol. The summed E-state index contributed by atoms with van der Waals surface area (Å²) in [5, 5.41) is 2.57. The zero-order chi connectivity index (χ0) is 16.7. The van der Waals surface area contributed by atoms with Crippen LogP contribution in [0.3, 0.4) is 0 Å². The van der Waals surface area contributed by atoms with E-state index < -0.39 is 11.9 Å². The van der Waals surface area contributed by atoms with E-state index in [2.05, 4.69) is 24.1 Å². The largest absolute Gasteiger partial charge is 0.434 e. The fourth-order valence-electron chi connectivity index (χ4n) is 2.66. The summed E-state index contributed by atoms with van der Waals surface area (Å²) < 4.78 is 42.2. The molecule has 1 saturated carbocycles. The average Bonchev–Trinajstić information content (AvgIpc) is 3.08. The van der Waals surface area contributed by atoms with Gasteiger partial charge in [0.2, 0.25) is 5.13 Å². The Morgan fingerprint density at radius 3 is 2.50 bits per heavy atom. The molecule has 3 heterocycles. The fraction of sp³-hybridized carbons (Fsp3) is 0.643. The van der Waals surface area contributed by atoms with Gasteiger partial charge in [0.05, 0.1) is 6.54 Å². The normalized spacial score (nSPS) is 19.9. The minimum absolute atomic E-state index is 0.470. The number of halogens is 3. The van der Waals surface area contributed by atoms with Crippen LogP contribution >= 0.6 is 22.9 Å². The maximum absolute atomic E-state index is 12.6. The number of alkyl halides is 3. The van der Waals surface area contributed by atoms with Crippen LogP contribution in [0.25, 0.3) is 0 Å². The summed E-state index contributed by atoms with van der Waals surface area (Å²) >= 11 is 2.52. The Kier molecular flexibility index (Phi) is 4.21. The van der Waals surface area contributed by atoms with Gasteiger partial charge in [0, 0.05) is 49.0 Å². The smallest absolute Gasteiger partial charge is 0.344 e. The van der Waals surface area contributed by atoms with Gasteiger partial charge in [-0.05, 0) is 12.8 Å². The van der Waals surface area contributed by atoms with E-state index in [0.29, 0.717) is 17.5 Å². The second-order valence-corrected chi connectivity index (χ2v) is 7.77. The lowest BCUT2D eigenvalue weighted by molar-refractivity contribution is -0.140. The molecule has 2 fully saturated rings. The second kappa shape index (κ2) is 6.23. The first-order chi connectivity index (χ1) is 11.5. The van der Waals surface area contributed by atoms with Crippen molar-refractivity contribution in [2.75, 3.05) is 31.1 Å². The molecule has 24 heavy (non-hydrogen) atoms. The van der Waals surface area contributed by atoms with E-state index in [1.807, 2.05) is 0 Å². The predicted octanol–water partition coefficient (Wildman–Crippen LogP) is 3.21. The highest BCUT2D eigenvalue weighted by molar-refractivity contribution is 7.10. The highest BCUT2D eigenvalue weighted by atomic mass is 32.1. The van der Waals surface area contributed by atoms with Crippen molar-refractivity contribution in [3.8, 4) is 0 Å². The summed E-state index contributed by atoms with van der Waals surface area (Å²) in [6, 6.07) is 0. The molecule has 0 aromatic carbocycles. The summed E-state index contributed by atoms with van der Waals surface area (Å²) in [5.74, 6) is 1.53. The lowest BCUT2D eigenvalue weighted by atomic mass is 10.3. The molecule has 2 aromatic heterocycles. The summed E-state index contributed by atoms with van der Waals surface area (Å²) in [7, 11) is 0. The quantitative estimate of drug-likeness (QED) is 0.821. The third-order valence-electron chi connectivity index (χ3n) is 4.22. The zero-order valence-corrected chi connectivity index (χ0v) is 14.4. The van der Waals surface area contributed by atoms with Crippen molar-refractivity contribution in [2.45, 2.75) is 31.5 Å². The first-order valence-electron chi connectivity index (χ1n) is 7.81. The molecule has 0 N–H and O–H groups in total. The van der Waals surface area contributed by atoms with Crippen LogP contribution in [0.2, 0.25) is 0 Å². The number of anilines is 1. The summed E-state index contributed by atoms with van der Waals surface area (Å²) in [6.45, 7) is 3.68. The molecule has 5 nitrogen and oxygen atoms in total. The molecule has 130 valence electrons. The highest BCUT2D eigenvalue weighted by Gasteiger charge is 2.34. The van der Waals surface area contributed by atoms with E-state index in [4.69, 9.17) is 0 Å². The zero-order valence-electron chi connectivity index (χ0n) is 12.8. The highest BCUT2D eigenvalue weighted by Crippen LogP contribution is 2.39. The van der Waals surface area contributed by atoms with Crippen molar-refractivity contribution < 1.29 is 13.2 Å². The van der Waals surface area contributed by atoms with Crippen molar-refractivity contribution in [2.24, 2.45) is 0 Å². The standard InChI is InChI=1S/C14H16F3N5S2/c15-14(16,17)10-8-23-11(18-10)7-21-3-5-22(6-4-21)13-19-12(20-24-13)9-1-2-9/h8-9H,1-7H2. The Balaban J connectivity index is 1.31. The van der Waals surface area contributed by atoms with Crippen LogP contribution in [0.15, 0.2) is 5.38 Å². The van der Waals surface area contributed by atoms with Gasteiger partial charge in [-0.1, -0.05) is 0 Å². The summed E-state index contributed by atoms with van der Waals surface area (Å²) in [4.78, 5) is 12.7. The van der Waals surface area contributed by atoms with E-state index in [-0.39, 0.29) is 0 Å². The lowest BCUT2D eigenvalue weighted by Crippen LogP contribution is -2.45. The molecule has 0 unspecified atom stereocenters. The topological polar surface area (TPSA) is 45.2 Å². The van der Waals surface area contributed by atoms with Crippen LogP contribution < -0.4 is 4.90 Å². The third-order valence-corrected chi connectivity index (χ3v) is 5.84. The van der Waals surface area contributed by atoms with Gasteiger partial charge in [0.1, 0.15) is 10.8 Å². The molecule has 2 aromatic rings. The molecule has 1 aliphatic carbocycles. The van der Waals surface area contributed by atoms with Crippen LogP contribution in [-0.4, -0.2) is 45.4 Å². The number of rotatable bonds is 4.